The van der Waals surface area contributed by atoms with E-state index in [1.807, 2.05) is 6.92 Å². The van der Waals surface area contributed by atoms with Crippen molar-refractivity contribution in [1.29, 1.82) is 0 Å². The van der Waals surface area contributed by atoms with E-state index in [-0.39, 0.29) is 11.9 Å². The number of piperidine rings is 1. The van der Waals surface area contributed by atoms with E-state index in [9.17, 15) is 4.79 Å². The highest BCUT2D eigenvalue weighted by Gasteiger charge is 2.24. The first-order valence-electron chi connectivity index (χ1n) is 7.90. The second-order valence-corrected chi connectivity index (χ2v) is 6.15. The summed E-state index contributed by atoms with van der Waals surface area (Å²) in [6.07, 6.45) is 2.45. The van der Waals surface area contributed by atoms with Crippen LogP contribution in [0.1, 0.15) is 44.7 Å². The zero-order valence-electron chi connectivity index (χ0n) is 13.1. The van der Waals surface area contributed by atoms with Gasteiger partial charge in [-0.25, -0.2) is 0 Å². The van der Waals surface area contributed by atoms with Crippen LogP contribution < -0.4 is 11.1 Å². The molecule has 0 aromatic heterocycles. The summed E-state index contributed by atoms with van der Waals surface area (Å²) in [5.41, 5.74) is 7.01. The van der Waals surface area contributed by atoms with E-state index in [4.69, 9.17) is 5.73 Å². The summed E-state index contributed by atoms with van der Waals surface area (Å²) in [6, 6.07) is 11.3. The van der Waals surface area contributed by atoms with Crippen LogP contribution in [0, 0.1) is 0 Å². The highest BCUT2D eigenvalue weighted by Crippen LogP contribution is 2.23. The van der Waals surface area contributed by atoms with Crippen LogP contribution in [0.15, 0.2) is 30.3 Å². The number of nitrogens with one attached hydrogen (secondary N) is 1. The van der Waals surface area contributed by atoms with Gasteiger partial charge in [0.1, 0.15) is 0 Å². The topological polar surface area (TPSA) is 58.4 Å². The molecule has 2 atom stereocenters. The fourth-order valence-electron chi connectivity index (χ4n) is 2.95. The normalized spacial score (nSPS) is 20.0. The minimum absolute atomic E-state index is 0.0665. The molecule has 1 heterocycles. The predicted octanol–water partition coefficient (Wildman–Crippen LogP) is 2.07. The van der Waals surface area contributed by atoms with Gasteiger partial charge in [-0.05, 0) is 32.3 Å². The molecule has 116 valence electrons. The van der Waals surface area contributed by atoms with Crippen LogP contribution in [0.4, 0.5) is 0 Å². The molecule has 0 saturated carbocycles. The van der Waals surface area contributed by atoms with Crippen LogP contribution in [0.3, 0.4) is 0 Å². The van der Waals surface area contributed by atoms with Gasteiger partial charge in [0.2, 0.25) is 5.91 Å². The molecule has 0 radical (unpaired) electrons. The summed E-state index contributed by atoms with van der Waals surface area (Å²) in [4.78, 5) is 14.2. The van der Waals surface area contributed by atoms with Crippen LogP contribution in [-0.4, -0.2) is 36.0 Å². The lowest BCUT2D eigenvalue weighted by Gasteiger charge is -2.36. The number of hydrogen-bond donors (Lipinski definition) is 2. The van der Waals surface area contributed by atoms with E-state index in [1.54, 1.807) is 0 Å². The molecule has 1 saturated heterocycles. The number of carbonyl (C=O) groups is 1. The number of likely N-dealkylation sites (tertiary alicyclic amines) is 1. The van der Waals surface area contributed by atoms with Crippen molar-refractivity contribution in [1.82, 2.24) is 10.2 Å². The Balaban J connectivity index is 1.79. The number of rotatable bonds is 5. The van der Waals surface area contributed by atoms with Crippen LogP contribution >= 0.6 is 0 Å². The summed E-state index contributed by atoms with van der Waals surface area (Å²) in [7, 11) is 0. The third kappa shape index (κ3) is 4.83. The minimum atomic E-state index is -0.0665. The number of carbonyl (C=O) groups excluding carboxylic acids is 1. The molecule has 1 aromatic carbocycles. The summed E-state index contributed by atoms with van der Waals surface area (Å²) in [5, 5.41) is 3.10. The monoisotopic (exact) mass is 289 g/mol. The summed E-state index contributed by atoms with van der Waals surface area (Å²) >= 11 is 0. The van der Waals surface area contributed by atoms with E-state index in [2.05, 4.69) is 47.5 Å². The molecule has 4 heteroatoms. The van der Waals surface area contributed by atoms with Crippen molar-refractivity contribution in [2.75, 3.05) is 13.1 Å². The van der Waals surface area contributed by atoms with Gasteiger partial charge >= 0.3 is 0 Å². The fraction of sp³-hybridized carbons (Fsp3) is 0.588. The SMILES string of the molecule is CC(N)CC(=O)NC1CCN(C(C)c2ccccc2)CC1. The van der Waals surface area contributed by atoms with Crippen molar-refractivity contribution in [2.24, 2.45) is 5.73 Å². The Kier molecular flexibility index (Phi) is 5.76. The van der Waals surface area contributed by atoms with E-state index in [1.165, 1.54) is 5.56 Å². The average molecular weight is 289 g/mol. The third-order valence-corrected chi connectivity index (χ3v) is 4.23. The maximum Gasteiger partial charge on any atom is 0.221 e. The van der Waals surface area contributed by atoms with E-state index >= 15 is 0 Å². The quantitative estimate of drug-likeness (QED) is 0.872. The number of nitrogens with two attached hydrogens (primary N) is 1. The van der Waals surface area contributed by atoms with Gasteiger partial charge in [-0.3, -0.25) is 9.69 Å². The molecule has 21 heavy (non-hydrogen) atoms. The van der Waals surface area contributed by atoms with Crippen LogP contribution in [0.25, 0.3) is 0 Å². The maximum atomic E-state index is 11.8. The molecule has 0 aliphatic carbocycles. The first kappa shape index (κ1) is 16.0. The molecule has 2 rings (SSSR count). The Hall–Kier alpha value is -1.39. The lowest BCUT2D eigenvalue weighted by Crippen LogP contribution is -2.46. The lowest BCUT2D eigenvalue weighted by molar-refractivity contribution is -0.122. The Labute approximate surface area is 127 Å². The summed E-state index contributed by atoms with van der Waals surface area (Å²) in [5.74, 6) is 0.0829. The van der Waals surface area contributed by atoms with Crippen molar-refractivity contribution in [3.8, 4) is 0 Å². The molecule has 1 aliphatic heterocycles. The Morgan fingerprint density at radius 3 is 2.48 bits per heavy atom. The average Bonchev–Trinajstić information content (AvgIpc) is 2.47. The fourth-order valence-corrected chi connectivity index (χ4v) is 2.95. The highest BCUT2D eigenvalue weighted by molar-refractivity contribution is 5.76. The molecule has 4 nitrogen and oxygen atoms in total. The Morgan fingerprint density at radius 1 is 1.29 bits per heavy atom. The van der Waals surface area contributed by atoms with Gasteiger partial charge < -0.3 is 11.1 Å². The number of benzene rings is 1. The van der Waals surface area contributed by atoms with E-state index in [0.29, 0.717) is 18.5 Å². The Bertz CT molecular complexity index is 439. The maximum absolute atomic E-state index is 11.8. The van der Waals surface area contributed by atoms with Gasteiger partial charge in [-0.15, -0.1) is 0 Å². The van der Waals surface area contributed by atoms with Gasteiger partial charge in [0.05, 0.1) is 0 Å². The summed E-state index contributed by atoms with van der Waals surface area (Å²) < 4.78 is 0. The largest absolute Gasteiger partial charge is 0.353 e. The molecule has 1 fully saturated rings. The smallest absolute Gasteiger partial charge is 0.221 e. The van der Waals surface area contributed by atoms with Crippen LogP contribution in [-0.2, 0) is 4.79 Å². The van der Waals surface area contributed by atoms with Crippen molar-refractivity contribution in [3.63, 3.8) is 0 Å². The highest BCUT2D eigenvalue weighted by atomic mass is 16.1. The zero-order valence-corrected chi connectivity index (χ0v) is 13.1. The second kappa shape index (κ2) is 7.57. The number of nitrogens with zero attached hydrogens (tertiary/aromatic N) is 1. The number of amides is 1. The summed E-state index contributed by atoms with van der Waals surface area (Å²) in [6.45, 7) is 6.17. The standard InChI is InChI=1S/C17H27N3O/c1-13(18)12-17(21)19-16-8-10-20(11-9-16)14(2)15-6-4-3-5-7-15/h3-7,13-14,16H,8-12,18H2,1-2H3,(H,19,21). The Morgan fingerprint density at radius 2 is 1.90 bits per heavy atom. The van der Waals surface area contributed by atoms with Gasteiger partial charge in [0.15, 0.2) is 0 Å². The van der Waals surface area contributed by atoms with Gasteiger partial charge in [0, 0.05) is 37.6 Å². The number of hydrogen-bond acceptors (Lipinski definition) is 3. The zero-order chi connectivity index (χ0) is 15.2. The van der Waals surface area contributed by atoms with Crippen molar-refractivity contribution in [3.05, 3.63) is 35.9 Å². The first-order chi connectivity index (χ1) is 10.1. The molecule has 1 amide bonds. The molecule has 1 aromatic rings. The van der Waals surface area contributed by atoms with Gasteiger partial charge in [-0.1, -0.05) is 30.3 Å². The van der Waals surface area contributed by atoms with Crippen LogP contribution in [0.5, 0.6) is 0 Å². The molecule has 0 spiro atoms. The van der Waals surface area contributed by atoms with E-state index < -0.39 is 0 Å². The van der Waals surface area contributed by atoms with Crippen molar-refractivity contribution >= 4 is 5.91 Å². The molecule has 1 aliphatic rings. The molecular formula is C17H27N3O. The molecular weight excluding hydrogens is 262 g/mol. The molecule has 2 unspecified atom stereocenters. The van der Waals surface area contributed by atoms with Crippen molar-refractivity contribution < 1.29 is 4.79 Å². The van der Waals surface area contributed by atoms with Crippen molar-refractivity contribution in [2.45, 2.75) is 51.2 Å². The van der Waals surface area contributed by atoms with E-state index in [0.717, 1.165) is 25.9 Å². The van der Waals surface area contributed by atoms with Crippen LogP contribution in [0.2, 0.25) is 0 Å². The molecule has 3 N–H and O–H groups in total. The lowest BCUT2D eigenvalue weighted by atomic mass is 10.00. The predicted molar refractivity (Wildman–Crippen MR) is 85.9 cm³/mol. The second-order valence-electron chi connectivity index (χ2n) is 6.15. The van der Waals surface area contributed by atoms with Gasteiger partial charge in [-0.2, -0.15) is 0 Å². The third-order valence-electron chi connectivity index (χ3n) is 4.23. The first-order valence-corrected chi connectivity index (χ1v) is 7.90. The van der Waals surface area contributed by atoms with Gasteiger partial charge in [0.25, 0.3) is 0 Å². The molecule has 0 bridgehead atoms. The minimum Gasteiger partial charge on any atom is -0.353 e.